The second-order valence-corrected chi connectivity index (χ2v) is 9.28. The van der Waals surface area contributed by atoms with Gasteiger partial charge in [0.25, 0.3) is 0 Å². The number of carbonyl (C=O) groups is 3. The van der Waals surface area contributed by atoms with Crippen molar-refractivity contribution in [3.05, 3.63) is 88.0 Å². The van der Waals surface area contributed by atoms with E-state index in [0.717, 1.165) is 22.9 Å². The molecule has 0 saturated heterocycles. The Labute approximate surface area is 257 Å². The molecule has 1 heterocycles. The number of carboxylic acids is 1. The largest absolute Gasteiger partial charge is 1.00 e. The summed E-state index contributed by atoms with van der Waals surface area (Å²) < 4.78 is 24.0. The third kappa shape index (κ3) is 6.95. The number of Topliss-reactive ketones (excluding diaryl/α,β-unsaturated/α-hetero) is 1. The molecule has 0 aliphatic heterocycles. The molecule has 3 aromatic carbocycles. The van der Waals surface area contributed by atoms with Crippen LogP contribution in [0.25, 0.3) is 16.6 Å². The van der Waals surface area contributed by atoms with Gasteiger partial charge >= 0.3 is 35.5 Å². The van der Waals surface area contributed by atoms with Crippen LogP contribution >= 0.6 is 11.7 Å². The van der Waals surface area contributed by atoms with E-state index in [-0.39, 0.29) is 65.0 Å². The zero-order valence-electron chi connectivity index (χ0n) is 22.8. The molecule has 0 unspecified atom stereocenters. The minimum atomic E-state index is -1.52. The van der Waals surface area contributed by atoms with Crippen LogP contribution in [0, 0.1) is 13.8 Å². The average Bonchev–Trinajstić information content (AvgIpc) is 3.40. The second kappa shape index (κ2) is 13.7. The summed E-state index contributed by atoms with van der Waals surface area (Å²) in [6.45, 7) is 3.41. The van der Waals surface area contributed by atoms with E-state index in [0.29, 0.717) is 27.9 Å². The Bertz CT molecular complexity index is 1610. The van der Waals surface area contributed by atoms with Gasteiger partial charge in [0, 0.05) is 29.2 Å². The third-order valence-electron chi connectivity index (χ3n) is 6.31. The number of aliphatic carboxylic acids is 1. The summed E-state index contributed by atoms with van der Waals surface area (Å²) in [5.41, 5.74) is 3.74. The number of carboxylic acid groups (broad SMARTS) is 1. The first-order valence-electron chi connectivity index (χ1n) is 11.9. The molecule has 4 aromatic rings. The SMILES string of the molecule is COC(=O)COc1cc(OC)ccc1CC(C(=O)c1ccc(C)c(C)c1)=C(C(=O)[O-])c1ccc2nsnc2c1.[Na+]. The molecule has 0 atom stereocenters. The minimum absolute atomic E-state index is 0. The van der Waals surface area contributed by atoms with Gasteiger partial charge in [0.05, 0.1) is 31.9 Å². The molecule has 4 rings (SSSR count). The molecule has 200 valence electrons. The Hall–Kier alpha value is -3.57. The molecule has 1 aromatic heterocycles. The molecule has 0 N–H and O–H groups in total. The Balaban J connectivity index is 0.00000441. The molecule has 0 spiro atoms. The molecule has 0 fully saturated rings. The average molecular weight is 569 g/mol. The van der Waals surface area contributed by atoms with Gasteiger partial charge in [-0.1, -0.05) is 24.3 Å². The normalized spacial score (nSPS) is 11.3. The third-order valence-corrected chi connectivity index (χ3v) is 6.86. The van der Waals surface area contributed by atoms with Crippen molar-refractivity contribution in [2.24, 2.45) is 0 Å². The van der Waals surface area contributed by atoms with Crippen LogP contribution in [0.1, 0.15) is 32.6 Å². The fraction of sp³-hybridized carbons (Fsp3) is 0.207. The van der Waals surface area contributed by atoms with Gasteiger partial charge in [0.1, 0.15) is 22.5 Å². The van der Waals surface area contributed by atoms with E-state index in [1.54, 1.807) is 48.5 Å². The number of carbonyl (C=O) groups excluding carboxylic acids is 3. The Morgan fingerprint density at radius 1 is 0.875 bits per heavy atom. The number of rotatable bonds is 10. The van der Waals surface area contributed by atoms with Crippen molar-refractivity contribution in [1.82, 2.24) is 8.75 Å². The first-order chi connectivity index (χ1) is 18.7. The first kappa shape index (κ1) is 31.0. The number of nitrogens with zero attached hydrogens (tertiary/aromatic N) is 2. The zero-order valence-corrected chi connectivity index (χ0v) is 25.6. The summed E-state index contributed by atoms with van der Waals surface area (Å²) in [5, 5.41) is 12.6. The van der Waals surface area contributed by atoms with Gasteiger partial charge < -0.3 is 24.1 Å². The van der Waals surface area contributed by atoms with Crippen LogP contribution in [0.3, 0.4) is 0 Å². The summed E-state index contributed by atoms with van der Waals surface area (Å²) in [5.74, 6) is -1.92. The number of ketones is 1. The topological polar surface area (TPSA) is 128 Å². The smallest absolute Gasteiger partial charge is 0.545 e. The fourth-order valence-corrected chi connectivity index (χ4v) is 4.54. The maximum atomic E-state index is 14.0. The van der Waals surface area contributed by atoms with Crippen molar-refractivity contribution >= 4 is 46.1 Å². The van der Waals surface area contributed by atoms with E-state index in [1.165, 1.54) is 14.2 Å². The van der Waals surface area contributed by atoms with E-state index in [9.17, 15) is 19.5 Å². The van der Waals surface area contributed by atoms with Gasteiger partial charge in [-0.25, -0.2) is 4.79 Å². The molecular formula is C29H25N2NaO7S. The summed E-state index contributed by atoms with van der Waals surface area (Å²) in [6.07, 6.45) is -0.136. The van der Waals surface area contributed by atoms with Crippen LogP contribution in [0.4, 0.5) is 0 Å². The molecule has 0 aliphatic carbocycles. The monoisotopic (exact) mass is 568 g/mol. The predicted molar refractivity (Wildman–Crippen MR) is 144 cm³/mol. The van der Waals surface area contributed by atoms with Crippen LogP contribution in [0.5, 0.6) is 11.5 Å². The van der Waals surface area contributed by atoms with Gasteiger partial charge in [0.15, 0.2) is 12.4 Å². The number of aromatic nitrogens is 2. The van der Waals surface area contributed by atoms with E-state index in [4.69, 9.17) is 9.47 Å². The maximum absolute atomic E-state index is 14.0. The predicted octanol–water partition coefficient (Wildman–Crippen LogP) is 0.502. The van der Waals surface area contributed by atoms with Crippen LogP contribution < -0.4 is 44.1 Å². The van der Waals surface area contributed by atoms with Gasteiger partial charge in [-0.2, -0.15) is 8.75 Å². The summed E-state index contributed by atoms with van der Waals surface area (Å²) in [6, 6.07) is 14.9. The van der Waals surface area contributed by atoms with Gasteiger partial charge in [0.2, 0.25) is 0 Å². The Morgan fingerprint density at radius 2 is 1.60 bits per heavy atom. The van der Waals surface area contributed by atoms with Crippen LogP contribution in [0.15, 0.2) is 60.2 Å². The quantitative estimate of drug-likeness (QED) is 0.116. The second-order valence-electron chi connectivity index (χ2n) is 8.75. The maximum Gasteiger partial charge on any atom is 1.00 e. The van der Waals surface area contributed by atoms with E-state index >= 15 is 0 Å². The molecule has 0 amide bonds. The van der Waals surface area contributed by atoms with Crippen molar-refractivity contribution in [2.45, 2.75) is 20.3 Å². The molecule has 11 heteroatoms. The van der Waals surface area contributed by atoms with Crippen molar-refractivity contribution < 1.29 is 63.3 Å². The number of aryl methyl sites for hydroxylation is 2. The van der Waals surface area contributed by atoms with Crippen LogP contribution in [0.2, 0.25) is 0 Å². The fourth-order valence-electron chi connectivity index (χ4n) is 4.02. The van der Waals surface area contributed by atoms with Gasteiger partial charge in [-0.05, 0) is 60.4 Å². The summed E-state index contributed by atoms with van der Waals surface area (Å²) >= 11 is 1.00. The first-order valence-corrected chi connectivity index (χ1v) is 12.6. The molecule has 0 radical (unpaired) electrons. The van der Waals surface area contributed by atoms with Crippen molar-refractivity contribution in [3.8, 4) is 11.5 Å². The van der Waals surface area contributed by atoms with E-state index in [2.05, 4.69) is 13.5 Å². The number of allylic oxidation sites excluding steroid dienone is 1. The minimum Gasteiger partial charge on any atom is -0.545 e. The van der Waals surface area contributed by atoms with E-state index < -0.39 is 17.7 Å². The number of esters is 1. The standard InChI is InChI=1S/C29H26N2O7S.Na/c1-16-5-6-20(11-17(16)2)28(33)22(27(29(34)35)19-8-10-23-24(13-19)31-39-30-23)12-18-7-9-21(36-3)14-25(18)38-15-26(32)37-4;/h5-11,13-14H,12,15H2,1-4H3,(H,34,35);/q;+1/p-1. The zero-order chi connectivity index (χ0) is 28.1. The van der Waals surface area contributed by atoms with Crippen molar-refractivity contribution in [3.63, 3.8) is 0 Å². The molecule has 0 bridgehead atoms. The van der Waals surface area contributed by atoms with Gasteiger partial charge in [-0.15, -0.1) is 0 Å². The molecule has 9 nitrogen and oxygen atoms in total. The number of hydrogen-bond acceptors (Lipinski definition) is 10. The molecule has 0 aliphatic rings. The van der Waals surface area contributed by atoms with Gasteiger partial charge in [-0.3, -0.25) is 4.79 Å². The number of ether oxygens (including phenoxy) is 3. The van der Waals surface area contributed by atoms with Crippen molar-refractivity contribution in [2.75, 3.05) is 20.8 Å². The number of hydrogen-bond donors (Lipinski definition) is 0. The Kier molecular flexibility index (Phi) is 10.6. The Morgan fingerprint density at radius 3 is 2.27 bits per heavy atom. The van der Waals surface area contributed by atoms with Crippen LogP contribution in [-0.4, -0.2) is 47.3 Å². The van der Waals surface area contributed by atoms with E-state index in [1.807, 2.05) is 19.9 Å². The summed E-state index contributed by atoms with van der Waals surface area (Å²) in [4.78, 5) is 38.4. The summed E-state index contributed by atoms with van der Waals surface area (Å²) in [7, 11) is 2.72. The molecular weight excluding hydrogens is 543 g/mol. The molecule has 0 saturated carbocycles. The number of benzene rings is 3. The molecule has 40 heavy (non-hydrogen) atoms. The number of methoxy groups -OCH3 is 2. The number of fused-ring (bicyclic) bond motifs is 1. The van der Waals surface area contributed by atoms with Crippen molar-refractivity contribution in [1.29, 1.82) is 0 Å². The van der Waals surface area contributed by atoms with Crippen LogP contribution in [-0.2, 0) is 20.7 Å².